The molecule has 1 rings (SSSR count). The number of hydrogen-bond donors (Lipinski definition) is 1. The number of rotatable bonds is 5. The lowest BCUT2D eigenvalue weighted by Gasteiger charge is -2.14. The summed E-state index contributed by atoms with van der Waals surface area (Å²) in [4.78, 5) is 23.1. The molecule has 0 aliphatic heterocycles. The van der Waals surface area contributed by atoms with Crippen LogP contribution in [0.2, 0.25) is 0 Å². The number of carbonyl (C=O) groups excluding carboxylic acids is 2. The Morgan fingerprint density at radius 1 is 1.32 bits per heavy atom. The summed E-state index contributed by atoms with van der Waals surface area (Å²) >= 11 is 0. The molecular formula is C14H17NO4. The van der Waals surface area contributed by atoms with Crippen LogP contribution in [0.5, 0.6) is 5.75 Å². The molecule has 0 radical (unpaired) electrons. The Kier molecular flexibility index (Phi) is 5.60. The number of allylic oxidation sites excluding steroid dienone is 1. The number of amides is 1. The lowest BCUT2D eigenvalue weighted by molar-refractivity contribution is -0.148. The van der Waals surface area contributed by atoms with Crippen molar-refractivity contribution >= 4 is 17.6 Å². The van der Waals surface area contributed by atoms with Crippen LogP contribution in [-0.2, 0) is 14.3 Å². The summed E-state index contributed by atoms with van der Waals surface area (Å²) in [6.07, 6.45) is 1.92. The molecule has 0 saturated carbocycles. The maximum absolute atomic E-state index is 11.9. The van der Waals surface area contributed by atoms with Crippen LogP contribution in [0.3, 0.4) is 0 Å². The Bertz CT molecular complexity index is 482. The van der Waals surface area contributed by atoms with Gasteiger partial charge in [-0.05, 0) is 26.0 Å². The zero-order chi connectivity index (χ0) is 14.3. The molecule has 1 aromatic carbocycles. The summed E-state index contributed by atoms with van der Waals surface area (Å²) in [6.45, 7) is 3.20. The molecule has 0 saturated heterocycles. The van der Waals surface area contributed by atoms with Crippen molar-refractivity contribution in [3.05, 3.63) is 36.4 Å². The van der Waals surface area contributed by atoms with Gasteiger partial charge in [-0.25, -0.2) is 4.79 Å². The van der Waals surface area contributed by atoms with Crippen molar-refractivity contribution in [2.75, 3.05) is 12.4 Å². The van der Waals surface area contributed by atoms with Gasteiger partial charge in [0.2, 0.25) is 0 Å². The van der Waals surface area contributed by atoms with Crippen molar-refractivity contribution in [1.29, 1.82) is 0 Å². The number of nitrogens with one attached hydrogen (secondary N) is 1. The summed E-state index contributed by atoms with van der Waals surface area (Å²) in [5.74, 6) is -0.421. The maximum atomic E-state index is 11.9. The molecule has 0 aliphatic carbocycles. The van der Waals surface area contributed by atoms with Crippen LogP contribution < -0.4 is 10.1 Å². The summed E-state index contributed by atoms with van der Waals surface area (Å²) in [6, 6.07) is 7.00. The first-order chi connectivity index (χ1) is 9.08. The SMILES string of the molecule is C/C=C/C(=O)O[C@H](C)C(=O)Nc1ccccc1OC. The first-order valence-corrected chi connectivity index (χ1v) is 5.85. The number of hydrogen-bond acceptors (Lipinski definition) is 4. The van der Waals surface area contributed by atoms with Gasteiger partial charge < -0.3 is 14.8 Å². The van der Waals surface area contributed by atoms with Gasteiger partial charge in [0.1, 0.15) is 5.75 Å². The number of ether oxygens (including phenoxy) is 2. The lowest BCUT2D eigenvalue weighted by atomic mass is 10.2. The lowest BCUT2D eigenvalue weighted by Crippen LogP contribution is -2.29. The molecule has 0 unspecified atom stereocenters. The molecule has 0 bridgehead atoms. The van der Waals surface area contributed by atoms with E-state index in [9.17, 15) is 9.59 Å². The van der Waals surface area contributed by atoms with Gasteiger partial charge in [-0.15, -0.1) is 0 Å². The molecule has 5 heteroatoms. The number of carbonyl (C=O) groups is 2. The van der Waals surface area contributed by atoms with Crippen LogP contribution in [0.4, 0.5) is 5.69 Å². The molecular weight excluding hydrogens is 246 g/mol. The van der Waals surface area contributed by atoms with Crippen molar-refractivity contribution in [3.8, 4) is 5.75 Å². The summed E-state index contributed by atoms with van der Waals surface area (Å²) in [7, 11) is 1.51. The van der Waals surface area contributed by atoms with E-state index in [2.05, 4.69) is 5.32 Å². The molecule has 5 nitrogen and oxygen atoms in total. The minimum absolute atomic E-state index is 0.414. The van der Waals surface area contributed by atoms with Crippen LogP contribution in [-0.4, -0.2) is 25.1 Å². The largest absolute Gasteiger partial charge is 0.495 e. The van der Waals surface area contributed by atoms with Crippen LogP contribution >= 0.6 is 0 Å². The highest BCUT2D eigenvalue weighted by molar-refractivity contribution is 5.97. The molecule has 0 aliphatic rings. The highest BCUT2D eigenvalue weighted by Crippen LogP contribution is 2.23. The van der Waals surface area contributed by atoms with Gasteiger partial charge in [0.05, 0.1) is 12.8 Å². The van der Waals surface area contributed by atoms with E-state index < -0.39 is 18.0 Å². The van der Waals surface area contributed by atoms with Gasteiger partial charge in [0.25, 0.3) is 5.91 Å². The molecule has 1 amide bonds. The minimum atomic E-state index is -0.881. The normalized spacial score (nSPS) is 11.9. The van der Waals surface area contributed by atoms with Crippen LogP contribution in [0.1, 0.15) is 13.8 Å². The summed E-state index contributed by atoms with van der Waals surface area (Å²) in [5.41, 5.74) is 0.531. The molecule has 0 spiro atoms. The second kappa shape index (κ2) is 7.20. The van der Waals surface area contributed by atoms with E-state index in [4.69, 9.17) is 9.47 Å². The predicted octanol–water partition coefficient (Wildman–Crippen LogP) is 2.14. The standard InChI is InChI=1S/C14H17NO4/c1-4-7-13(16)19-10(2)14(17)15-11-8-5-6-9-12(11)18-3/h4-10H,1-3H3,(H,15,17)/b7-4+/t10-/m1/s1. The van der Waals surface area contributed by atoms with Gasteiger partial charge in [-0.3, -0.25) is 4.79 Å². The average Bonchev–Trinajstić information content (AvgIpc) is 2.39. The second-order valence-electron chi connectivity index (χ2n) is 3.77. The molecule has 0 heterocycles. The van der Waals surface area contributed by atoms with E-state index in [-0.39, 0.29) is 0 Å². The van der Waals surface area contributed by atoms with E-state index in [1.165, 1.54) is 20.1 Å². The van der Waals surface area contributed by atoms with Gasteiger partial charge in [0, 0.05) is 6.08 Å². The Hall–Kier alpha value is -2.30. The Labute approximate surface area is 112 Å². The van der Waals surface area contributed by atoms with Crippen molar-refractivity contribution in [2.45, 2.75) is 20.0 Å². The summed E-state index contributed by atoms with van der Waals surface area (Å²) in [5, 5.41) is 2.64. The Morgan fingerprint density at radius 2 is 2.00 bits per heavy atom. The van der Waals surface area contributed by atoms with Gasteiger partial charge in [-0.2, -0.15) is 0 Å². The minimum Gasteiger partial charge on any atom is -0.495 e. The molecule has 0 aromatic heterocycles. The Morgan fingerprint density at radius 3 is 2.63 bits per heavy atom. The average molecular weight is 263 g/mol. The molecule has 1 N–H and O–H groups in total. The first-order valence-electron chi connectivity index (χ1n) is 5.85. The van der Waals surface area contributed by atoms with Gasteiger partial charge in [-0.1, -0.05) is 18.2 Å². The quantitative estimate of drug-likeness (QED) is 0.653. The fourth-order valence-corrected chi connectivity index (χ4v) is 1.39. The zero-order valence-corrected chi connectivity index (χ0v) is 11.2. The van der Waals surface area contributed by atoms with Crippen molar-refractivity contribution < 1.29 is 19.1 Å². The number of para-hydroxylation sites is 2. The molecule has 1 atom stereocenters. The van der Waals surface area contributed by atoms with Gasteiger partial charge >= 0.3 is 5.97 Å². The highest BCUT2D eigenvalue weighted by atomic mass is 16.5. The maximum Gasteiger partial charge on any atom is 0.331 e. The summed E-state index contributed by atoms with van der Waals surface area (Å²) < 4.78 is 10.0. The van der Waals surface area contributed by atoms with E-state index in [0.717, 1.165) is 0 Å². The van der Waals surface area contributed by atoms with Crippen molar-refractivity contribution in [3.63, 3.8) is 0 Å². The van der Waals surface area contributed by atoms with Crippen molar-refractivity contribution in [2.24, 2.45) is 0 Å². The highest BCUT2D eigenvalue weighted by Gasteiger charge is 2.17. The Balaban J connectivity index is 2.66. The fraction of sp³-hybridized carbons (Fsp3) is 0.286. The molecule has 102 valence electrons. The van der Waals surface area contributed by atoms with Crippen LogP contribution in [0.25, 0.3) is 0 Å². The third-order valence-corrected chi connectivity index (χ3v) is 2.33. The van der Waals surface area contributed by atoms with Crippen molar-refractivity contribution in [1.82, 2.24) is 0 Å². The van der Waals surface area contributed by atoms with Gasteiger partial charge in [0.15, 0.2) is 6.10 Å². The smallest absolute Gasteiger partial charge is 0.331 e. The topological polar surface area (TPSA) is 64.6 Å². The second-order valence-corrected chi connectivity index (χ2v) is 3.77. The number of anilines is 1. The predicted molar refractivity (Wildman–Crippen MR) is 72.0 cm³/mol. The third-order valence-electron chi connectivity index (χ3n) is 2.33. The zero-order valence-electron chi connectivity index (χ0n) is 11.2. The van der Waals surface area contributed by atoms with Crippen LogP contribution in [0, 0.1) is 0 Å². The number of benzene rings is 1. The monoisotopic (exact) mass is 263 g/mol. The van der Waals surface area contributed by atoms with E-state index >= 15 is 0 Å². The molecule has 1 aromatic rings. The van der Waals surface area contributed by atoms with E-state index in [1.807, 2.05) is 0 Å². The van der Waals surface area contributed by atoms with Crippen LogP contribution in [0.15, 0.2) is 36.4 Å². The third kappa shape index (κ3) is 4.46. The number of methoxy groups -OCH3 is 1. The first kappa shape index (κ1) is 14.8. The van der Waals surface area contributed by atoms with E-state index in [1.54, 1.807) is 37.3 Å². The fourth-order valence-electron chi connectivity index (χ4n) is 1.39. The molecule has 0 fully saturated rings. The van der Waals surface area contributed by atoms with E-state index in [0.29, 0.717) is 11.4 Å². The molecule has 19 heavy (non-hydrogen) atoms. The number of esters is 1.